The summed E-state index contributed by atoms with van der Waals surface area (Å²) in [5.74, 6) is -2.88. The Morgan fingerprint density at radius 3 is 2.31 bits per heavy atom. The lowest BCUT2D eigenvalue weighted by atomic mass is 9.85. The van der Waals surface area contributed by atoms with Crippen molar-refractivity contribution >= 4 is 21.4 Å². The van der Waals surface area contributed by atoms with Gasteiger partial charge in [-0.05, 0) is 73.6 Å². The maximum atomic E-state index is 13.1. The normalized spacial score (nSPS) is 23.2. The summed E-state index contributed by atoms with van der Waals surface area (Å²) in [5, 5.41) is 9.67. The van der Waals surface area contributed by atoms with Gasteiger partial charge >= 0.3 is 12.8 Å². The van der Waals surface area contributed by atoms with Crippen LogP contribution in [-0.2, 0) is 19.3 Å². The molecule has 0 bridgehead atoms. The first-order valence-electron chi connectivity index (χ1n) is 14.8. The van der Waals surface area contributed by atoms with Gasteiger partial charge in [0, 0.05) is 30.1 Å². The number of rotatable bonds is 12. The number of nitriles is 1. The Kier molecular flexibility index (Phi) is 11.1. The topological polar surface area (TPSA) is 123 Å². The van der Waals surface area contributed by atoms with Gasteiger partial charge in [-0.2, -0.15) is 27.2 Å². The molecule has 3 atom stereocenters. The average Bonchev–Trinajstić information content (AvgIpc) is 3.40. The highest BCUT2D eigenvalue weighted by atomic mass is 32.2. The molecule has 1 aliphatic heterocycles. The van der Waals surface area contributed by atoms with E-state index in [1.165, 1.54) is 25.1 Å². The Hall–Kier alpha value is -3.28. The predicted molar refractivity (Wildman–Crippen MR) is 156 cm³/mol. The molecular weight excluding hydrogens is 621 g/mol. The second-order valence-electron chi connectivity index (χ2n) is 11.4. The minimum Gasteiger partial charge on any atom is -0.373 e. The quantitative estimate of drug-likeness (QED) is 0.280. The first-order chi connectivity index (χ1) is 21.2. The fourth-order valence-electron chi connectivity index (χ4n) is 6.24. The van der Waals surface area contributed by atoms with Crippen molar-refractivity contribution in [2.24, 2.45) is 11.7 Å². The highest BCUT2D eigenvalue weighted by Crippen LogP contribution is 2.40. The number of amides is 1. The molecule has 2 fully saturated rings. The van der Waals surface area contributed by atoms with Gasteiger partial charge in [-0.3, -0.25) is 4.79 Å². The Balaban J connectivity index is 1.63. The molecule has 0 aromatic heterocycles. The molecule has 14 heteroatoms. The summed E-state index contributed by atoms with van der Waals surface area (Å²) < 4.78 is 101. The van der Waals surface area contributed by atoms with E-state index in [4.69, 9.17) is 10.5 Å². The number of hydrogen-bond acceptors (Lipinski definition) is 7. The van der Waals surface area contributed by atoms with Gasteiger partial charge in [0.1, 0.15) is 0 Å². The zero-order chi connectivity index (χ0) is 32.9. The highest BCUT2D eigenvalue weighted by Gasteiger charge is 2.43. The lowest BCUT2D eigenvalue weighted by Gasteiger charge is -2.31. The van der Waals surface area contributed by atoms with E-state index in [9.17, 15) is 40.4 Å². The Morgan fingerprint density at radius 2 is 1.76 bits per heavy atom. The van der Waals surface area contributed by atoms with Crippen LogP contribution in [0.15, 0.2) is 47.4 Å². The van der Waals surface area contributed by atoms with Crippen LogP contribution in [0.5, 0.6) is 0 Å². The van der Waals surface area contributed by atoms with Gasteiger partial charge in [0.25, 0.3) is 0 Å². The van der Waals surface area contributed by atoms with Crippen molar-refractivity contribution in [1.82, 2.24) is 0 Å². The zero-order valence-corrected chi connectivity index (χ0v) is 25.5. The van der Waals surface area contributed by atoms with Crippen molar-refractivity contribution in [3.05, 3.63) is 59.2 Å². The molecule has 1 aliphatic carbocycles. The minimum absolute atomic E-state index is 0.0356. The number of ether oxygens (including phenoxy) is 2. The number of primary amides is 1. The zero-order valence-electron chi connectivity index (χ0n) is 24.7. The Bertz CT molecular complexity index is 1470. The van der Waals surface area contributed by atoms with Gasteiger partial charge in [-0.25, -0.2) is 8.42 Å². The molecule has 2 N–H and O–H groups in total. The molecule has 2 aromatic rings. The summed E-state index contributed by atoms with van der Waals surface area (Å²) in [5.41, 5.74) is 7.32. The summed E-state index contributed by atoms with van der Waals surface area (Å²) in [6, 6.07) is 12.3. The van der Waals surface area contributed by atoms with Crippen LogP contribution in [0.25, 0.3) is 0 Å². The Labute approximate surface area is 259 Å². The van der Waals surface area contributed by atoms with Crippen LogP contribution in [0, 0.1) is 17.2 Å². The maximum absolute atomic E-state index is 13.1. The van der Waals surface area contributed by atoms with Crippen molar-refractivity contribution in [3.8, 4) is 6.07 Å². The van der Waals surface area contributed by atoms with Crippen molar-refractivity contribution < 1.29 is 44.6 Å². The van der Waals surface area contributed by atoms with E-state index in [0.29, 0.717) is 16.8 Å². The fourth-order valence-corrected chi connectivity index (χ4v) is 7.13. The number of halogens is 5. The van der Waals surface area contributed by atoms with Gasteiger partial charge in [0.05, 0.1) is 47.5 Å². The third kappa shape index (κ3) is 8.51. The summed E-state index contributed by atoms with van der Waals surface area (Å²) in [6.45, 7) is -1.60. The van der Waals surface area contributed by atoms with E-state index < -0.39 is 58.6 Å². The average molecular weight is 658 g/mol. The monoisotopic (exact) mass is 657 g/mol. The molecule has 0 radical (unpaired) electrons. The smallest absolute Gasteiger partial charge is 0.373 e. The number of nitrogens with zero attached hydrogens (tertiary/aromatic N) is 2. The summed E-state index contributed by atoms with van der Waals surface area (Å²) in [4.78, 5) is 14.4. The summed E-state index contributed by atoms with van der Waals surface area (Å²) in [7, 11) is -3.47. The fraction of sp³-hybridized carbons (Fsp3) is 0.548. The van der Waals surface area contributed by atoms with E-state index in [1.807, 2.05) is 0 Å². The molecule has 0 spiro atoms. The van der Waals surface area contributed by atoms with Crippen LogP contribution in [0.4, 0.5) is 27.6 Å². The number of sulfone groups is 1. The number of anilines is 1. The number of carbonyl (C=O) groups is 1. The number of hydrogen-bond donors (Lipinski definition) is 1. The maximum Gasteiger partial charge on any atom is 0.391 e. The van der Waals surface area contributed by atoms with Crippen molar-refractivity contribution in [3.63, 3.8) is 0 Å². The predicted octanol–water partition coefficient (Wildman–Crippen LogP) is 5.95. The van der Waals surface area contributed by atoms with E-state index >= 15 is 0 Å². The van der Waals surface area contributed by atoms with Crippen molar-refractivity contribution in [2.45, 2.75) is 87.3 Å². The van der Waals surface area contributed by atoms with E-state index in [0.717, 1.165) is 0 Å². The van der Waals surface area contributed by atoms with Gasteiger partial charge in [0.15, 0.2) is 9.84 Å². The first-order valence-corrected chi connectivity index (χ1v) is 16.4. The minimum atomic E-state index is -4.25. The standard InChI is InChI=1S/C31H36F5N3O5S/c1-2-45(41,42)25-10-3-19(4-11-25)26(13-14-37)28-16-21(7-12-27(28)29(38)40)39-17-24(15-22(39)18-43-30(32)33)44-23-8-5-20(6-9-23)31(34,35)36/h3-4,7,10-12,16,20,22-24,26,30H,2,5-6,8-9,13,15,17-18H2,1H3,(H2,38,40)/t20?,22-,23?,24?,26-/m0/s1. The summed E-state index contributed by atoms with van der Waals surface area (Å²) in [6.07, 6.45) is -4.49. The SMILES string of the molecule is CCS(=O)(=O)c1ccc([C@H](CC#N)c2cc(N3CC(OC4CCC(C(F)(F)F)CC4)C[C@H]3COC(F)F)ccc2C(N)=O)cc1. The number of benzene rings is 2. The van der Waals surface area contributed by atoms with Gasteiger partial charge in [-0.1, -0.05) is 19.1 Å². The van der Waals surface area contributed by atoms with E-state index in [-0.39, 0.29) is 67.9 Å². The molecule has 1 saturated heterocycles. The third-order valence-corrected chi connectivity index (χ3v) is 10.4. The third-order valence-electron chi connectivity index (χ3n) is 8.64. The van der Waals surface area contributed by atoms with E-state index in [2.05, 4.69) is 10.8 Å². The van der Waals surface area contributed by atoms with Crippen LogP contribution in [0.1, 0.15) is 72.9 Å². The van der Waals surface area contributed by atoms with Crippen LogP contribution in [0.3, 0.4) is 0 Å². The molecule has 2 aliphatic rings. The van der Waals surface area contributed by atoms with Crippen LogP contribution in [-0.4, -0.2) is 64.3 Å². The lowest BCUT2D eigenvalue weighted by molar-refractivity contribution is -0.189. The summed E-state index contributed by atoms with van der Waals surface area (Å²) >= 11 is 0. The molecule has 1 unspecified atom stereocenters. The second-order valence-corrected chi connectivity index (χ2v) is 13.7. The van der Waals surface area contributed by atoms with Crippen molar-refractivity contribution in [1.29, 1.82) is 5.26 Å². The first kappa shape index (κ1) is 34.6. The number of nitrogens with two attached hydrogens (primary N) is 1. The van der Waals surface area contributed by atoms with E-state index in [1.54, 1.807) is 29.2 Å². The van der Waals surface area contributed by atoms with Crippen LogP contribution < -0.4 is 10.6 Å². The molecule has 1 amide bonds. The highest BCUT2D eigenvalue weighted by molar-refractivity contribution is 7.91. The molecule has 45 heavy (non-hydrogen) atoms. The Morgan fingerprint density at radius 1 is 1.09 bits per heavy atom. The van der Waals surface area contributed by atoms with Crippen LogP contribution in [0.2, 0.25) is 0 Å². The van der Waals surface area contributed by atoms with Crippen molar-refractivity contribution in [2.75, 3.05) is 23.8 Å². The number of carbonyl (C=O) groups excluding carboxylic acids is 1. The molecule has 1 saturated carbocycles. The van der Waals surface area contributed by atoms with Gasteiger partial charge < -0.3 is 20.1 Å². The number of alkyl halides is 5. The second kappa shape index (κ2) is 14.4. The molecule has 8 nitrogen and oxygen atoms in total. The molecule has 4 rings (SSSR count). The largest absolute Gasteiger partial charge is 0.391 e. The molecular formula is C31H36F5N3O5S. The lowest BCUT2D eigenvalue weighted by Crippen LogP contribution is -2.35. The van der Waals surface area contributed by atoms with Crippen LogP contribution >= 0.6 is 0 Å². The molecule has 1 heterocycles. The molecule has 246 valence electrons. The van der Waals surface area contributed by atoms with Gasteiger partial charge in [0.2, 0.25) is 5.91 Å². The van der Waals surface area contributed by atoms with Gasteiger partial charge in [-0.15, -0.1) is 0 Å². The molecule has 2 aromatic carbocycles.